The second-order valence-electron chi connectivity index (χ2n) is 7.37. The Labute approximate surface area is 171 Å². The highest BCUT2D eigenvalue weighted by atomic mass is 32.1. The summed E-state index contributed by atoms with van der Waals surface area (Å²) in [4.78, 5) is 30.6. The second kappa shape index (κ2) is 7.33. The van der Waals surface area contributed by atoms with E-state index in [1.807, 2.05) is 30.3 Å². The minimum Gasteiger partial charge on any atom is -0.497 e. The Balaban J connectivity index is 1.58. The van der Waals surface area contributed by atoms with Gasteiger partial charge in [-0.15, -0.1) is 11.3 Å². The molecule has 0 aliphatic heterocycles. The Kier molecular flexibility index (Phi) is 4.84. The number of nitrogens with zero attached hydrogens (tertiary/aromatic N) is 3. The van der Waals surface area contributed by atoms with E-state index in [2.05, 4.69) is 16.4 Å². The molecule has 1 aromatic carbocycles. The number of fused-ring (bicyclic) bond motifs is 1. The molecule has 148 valence electrons. The van der Waals surface area contributed by atoms with Crippen LogP contribution in [0.4, 0.5) is 0 Å². The summed E-state index contributed by atoms with van der Waals surface area (Å²) in [5.41, 5.74) is 0.414. The summed E-state index contributed by atoms with van der Waals surface area (Å²) in [5, 5.41) is 12.2. The van der Waals surface area contributed by atoms with Crippen LogP contribution in [0.3, 0.4) is 0 Å². The predicted octanol–water partition coefficient (Wildman–Crippen LogP) is 2.94. The van der Waals surface area contributed by atoms with E-state index in [0.717, 1.165) is 29.0 Å². The number of benzene rings is 1. The minimum atomic E-state index is -0.886. The fraction of sp³-hybridized carbons (Fsp3) is 0.333. The van der Waals surface area contributed by atoms with Gasteiger partial charge in [0.1, 0.15) is 22.5 Å². The van der Waals surface area contributed by atoms with Crippen LogP contribution in [-0.4, -0.2) is 28.1 Å². The number of amides is 1. The zero-order valence-corrected chi connectivity index (χ0v) is 17.0. The minimum absolute atomic E-state index is 0.165. The fourth-order valence-corrected chi connectivity index (χ4v) is 4.39. The van der Waals surface area contributed by atoms with Crippen LogP contribution in [0.5, 0.6) is 5.75 Å². The molecule has 8 heteroatoms. The molecule has 1 aliphatic rings. The van der Waals surface area contributed by atoms with Gasteiger partial charge in [-0.25, -0.2) is 4.98 Å². The molecule has 3 aromatic rings. The first-order valence-corrected chi connectivity index (χ1v) is 10.1. The van der Waals surface area contributed by atoms with Gasteiger partial charge < -0.3 is 10.1 Å². The number of methoxy groups -OCH3 is 1. The molecule has 4 rings (SSSR count). The number of rotatable bonds is 6. The third kappa shape index (κ3) is 3.74. The van der Waals surface area contributed by atoms with Crippen LogP contribution in [0.15, 0.2) is 41.5 Å². The van der Waals surface area contributed by atoms with Crippen molar-refractivity contribution in [1.29, 1.82) is 5.26 Å². The van der Waals surface area contributed by atoms with Gasteiger partial charge in [-0.2, -0.15) is 5.26 Å². The van der Waals surface area contributed by atoms with E-state index in [4.69, 9.17) is 4.74 Å². The summed E-state index contributed by atoms with van der Waals surface area (Å²) in [7, 11) is 1.61. The van der Waals surface area contributed by atoms with Crippen molar-refractivity contribution in [1.82, 2.24) is 14.9 Å². The zero-order valence-electron chi connectivity index (χ0n) is 16.1. The summed E-state index contributed by atoms with van der Waals surface area (Å²) in [6, 6.07) is 11.6. The molecule has 0 spiro atoms. The third-order valence-electron chi connectivity index (χ3n) is 5.22. The van der Waals surface area contributed by atoms with Gasteiger partial charge in [-0.1, -0.05) is 0 Å². The van der Waals surface area contributed by atoms with Crippen LogP contribution in [0.1, 0.15) is 19.8 Å². The van der Waals surface area contributed by atoms with Crippen molar-refractivity contribution in [2.24, 2.45) is 5.92 Å². The summed E-state index contributed by atoms with van der Waals surface area (Å²) < 4.78 is 6.96. The SMILES string of the molecule is COc1ccc(-c2cc3ncn(CC(=O)N[C@@](C)(C#N)C4CC4)c(=O)c3s2)cc1. The van der Waals surface area contributed by atoms with Gasteiger partial charge in [0.05, 0.1) is 25.0 Å². The van der Waals surface area contributed by atoms with Gasteiger partial charge in [-0.3, -0.25) is 14.2 Å². The average molecular weight is 408 g/mol. The number of ether oxygens (including phenoxy) is 1. The molecule has 1 fully saturated rings. The molecule has 0 bridgehead atoms. The molecule has 1 N–H and O–H groups in total. The lowest BCUT2D eigenvalue weighted by molar-refractivity contribution is -0.123. The molecule has 29 heavy (non-hydrogen) atoms. The summed E-state index contributed by atoms with van der Waals surface area (Å²) in [5.74, 6) is 0.575. The Morgan fingerprint density at radius 3 is 2.76 bits per heavy atom. The number of nitriles is 1. The molecule has 1 saturated carbocycles. The van der Waals surface area contributed by atoms with Gasteiger partial charge in [0.15, 0.2) is 0 Å². The molecule has 0 unspecified atom stereocenters. The van der Waals surface area contributed by atoms with Crippen molar-refractivity contribution < 1.29 is 9.53 Å². The smallest absolute Gasteiger partial charge is 0.271 e. The Morgan fingerprint density at radius 2 is 2.14 bits per heavy atom. The Hall–Kier alpha value is -3.18. The van der Waals surface area contributed by atoms with Crippen LogP contribution >= 0.6 is 11.3 Å². The largest absolute Gasteiger partial charge is 0.497 e. The summed E-state index contributed by atoms with van der Waals surface area (Å²) in [6.45, 7) is 1.56. The monoisotopic (exact) mass is 408 g/mol. The Bertz CT molecular complexity index is 1170. The quantitative estimate of drug-likeness (QED) is 0.676. The highest BCUT2D eigenvalue weighted by Crippen LogP contribution is 2.39. The average Bonchev–Trinajstić information content (AvgIpc) is 3.50. The van der Waals surface area contributed by atoms with E-state index < -0.39 is 5.54 Å². The van der Waals surface area contributed by atoms with Crippen LogP contribution in [0.2, 0.25) is 0 Å². The first kappa shape index (κ1) is 19.2. The first-order valence-electron chi connectivity index (χ1n) is 9.29. The lowest BCUT2D eigenvalue weighted by atomic mass is 9.98. The molecule has 7 nitrogen and oxygen atoms in total. The second-order valence-corrected chi connectivity index (χ2v) is 8.42. The van der Waals surface area contributed by atoms with Crippen molar-refractivity contribution in [3.8, 4) is 22.3 Å². The van der Waals surface area contributed by atoms with Crippen LogP contribution < -0.4 is 15.6 Å². The van der Waals surface area contributed by atoms with E-state index in [0.29, 0.717) is 10.2 Å². The first-order chi connectivity index (χ1) is 13.9. The molecule has 2 heterocycles. The highest BCUT2D eigenvalue weighted by molar-refractivity contribution is 7.22. The van der Waals surface area contributed by atoms with Crippen molar-refractivity contribution in [3.05, 3.63) is 47.0 Å². The third-order valence-corrected chi connectivity index (χ3v) is 6.38. The van der Waals surface area contributed by atoms with Crippen molar-refractivity contribution >= 4 is 27.5 Å². The van der Waals surface area contributed by atoms with E-state index in [-0.39, 0.29) is 23.9 Å². The molecule has 0 radical (unpaired) electrons. The summed E-state index contributed by atoms with van der Waals surface area (Å²) in [6.07, 6.45) is 3.25. The summed E-state index contributed by atoms with van der Waals surface area (Å²) >= 11 is 1.34. The van der Waals surface area contributed by atoms with Gasteiger partial charge in [0.25, 0.3) is 5.56 Å². The maximum Gasteiger partial charge on any atom is 0.271 e. The van der Waals surface area contributed by atoms with Crippen molar-refractivity contribution in [2.45, 2.75) is 31.8 Å². The van der Waals surface area contributed by atoms with Gasteiger partial charge in [0, 0.05) is 4.88 Å². The standard InChI is InChI=1S/C21H20N4O3S/c1-21(11-22,14-5-6-14)24-18(26)10-25-12-23-16-9-17(29-19(16)20(25)27)13-3-7-15(28-2)8-4-13/h3-4,7-9,12,14H,5-6,10H2,1-2H3,(H,24,26)/t21-/m0/s1. The number of hydrogen-bond acceptors (Lipinski definition) is 6. The molecular formula is C21H20N4O3S. The number of thiophene rings is 1. The fourth-order valence-electron chi connectivity index (χ4n) is 3.32. The van der Waals surface area contributed by atoms with E-state index in [9.17, 15) is 14.9 Å². The maximum atomic E-state index is 12.9. The number of aromatic nitrogens is 2. The number of nitrogens with one attached hydrogen (secondary N) is 1. The highest BCUT2D eigenvalue weighted by Gasteiger charge is 2.43. The maximum absolute atomic E-state index is 12.9. The van der Waals surface area contributed by atoms with Crippen molar-refractivity contribution in [3.63, 3.8) is 0 Å². The topological polar surface area (TPSA) is 97.0 Å². The number of carbonyl (C=O) groups is 1. The predicted molar refractivity (Wildman–Crippen MR) is 111 cm³/mol. The van der Waals surface area contributed by atoms with Gasteiger partial charge >= 0.3 is 0 Å². The molecule has 0 saturated heterocycles. The van der Waals surface area contributed by atoms with Crippen molar-refractivity contribution in [2.75, 3.05) is 7.11 Å². The lowest BCUT2D eigenvalue weighted by Gasteiger charge is -2.22. The van der Waals surface area contributed by atoms with Crippen LogP contribution in [-0.2, 0) is 11.3 Å². The van der Waals surface area contributed by atoms with E-state index in [1.54, 1.807) is 14.0 Å². The molecule has 1 aliphatic carbocycles. The zero-order chi connectivity index (χ0) is 20.6. The van der Waals surface area contributed by atoms with E-state index in [1.165, 1.54) is 22.2 Å². The lowest BCUT2D eigenvalue weighted by Crippen LogP contribution is -2.48. The van der Waals surface area contributed by atoms with Gasteiger partial charge in [0.2, 0.25) is 5.91 Å². The van der Waals surface area contributed by atoms with Gasteiger partial charge in [-0.05, 0) is 61.6 Å². The van der Waals surface area contributed by atoms with Crippen LogP contribution in [0, 0.1) is 17.2 Å². The molecular weight excluding hydrogens is 388 g/mol. The molecule has 1 amide bonds. The van der Waals surface area contributed by atoms with E-state index >= 15 is 0 Å². The number of carbonyl (C=O) groups excluding carboxylic acids is 1. The normalized spacial score (nSPS) is 15.5. The molecule has 1 atom stereocenters. The molecule has 2 aromatic heterocycles. The Morgan fingerprint density at radius 1 is 1.41 bits per heavy atom. The number of hydrogen-bond donors (Lipinski definition) is 1. The van der Waals surface area contributed by atoms with Crippen LogP contribution in [0.25, 0.3) is 20.7 Å².